The Bertz CT molecular complexity index is 1020. The molecule has 1 aliphatic heterocycles. The summed E-state index contributed by atoms with van der Waals surface area (Å²) < 4.78 is 1.26. The summed E-state index contributed by atoms with van der Waals surface area (Å²) in [6, 6.07) is 28.3. The van der Waals surface area contributed by atoms with E-state index in [1.165, 1.54) is 26.4 Å². The second-order valence-corrected chi connectivity index (χ2v) is 8.26. The Balaban J connectivity index is 1.54. The summed E-state index contributed by atoms with van der Waals surface area (Å²) in [5.74, 6) is 0. The molecular formula is C24H23N3S. The molecule has 1 fully saturated rings. The van der Waals surface area contributed by atoms with Crippen molar-refractivity contribution in [3.8, 4) is 11.1 Å². The minimum absolute atomic E-state index is 0.212. The predicted molar refractivity (Wildman–Crippen MR) is 118 cm³/mol. The van der Waals surface area contributed by atoms with Gasteiger partial charge >= 0.3 is 0 Å². The lowest BCUT2D eigenvalue weighted by Gasteiger charge is -2.34. The molecule has 3 nitrogen and oxygen atoms in total. The van der Waals surface area contributed by atoms with E-state index in [4.69, 9.17) is 4.98 Å². The van der Waals surface area contributed by atoms with Gasteiger partial charge in [-0.05, 0) is 28.8 Å². The number of rotatable bonds is 4. The lowest BCUT2D eigenvalue weighted by atomic mass is 9.99. The Morgan fingerprint density at radius 3 is 2.21 bits per heavy atom. The molecule has 5 rings (SSSR count). The smallest absolute Gasteiger partial charge is 0.116 e. The van der Waals surface area contributed by atoms with E-state index in [2.05, 4.69) is 89.1 Å². The third kappa shape index (κ3) is 3.47. The van der Waals surface area contributed by atoms with Crippen LogP contribution in [0.15, 0.2) is 78.9 Å². The van der Waals surface area contributed by atoms with E-state index >= 15 is 0 Å². The molecule has 28 heavy (non-hydrogen) atoms. The number of nitrogens with one attached hydrogen (secondary N) is 1. The summed E-state index contributed by atoms with van der Waals surface area (Å²) in [6.07, 6.45) is 0. The lowest BCUT2D eigenvalue weighted by Crippen LogP contribution is -2.45. The molecule has 0 bridgehead atoms. The topological polar surface area (TPSA) is 28.2 Å². The monoisotopic (exact) mass is 385 g/mol. The Labute approximate surface area is 169 Å². The van der Waals surface area contributed by atoms with Gasteiger partial charge in [0.15, 0.2) is 0 Å². The molecule has 0 spiro atoms. The maximum atomic E-state index is 5.00. The third-order valence-corrected chi connectivity index (χ3v) is 6.48. The van der Waals surface area contributed by atoms with E-state index in [-0.39, 0.29) is 6.04 Å². The van der Waals surface area contributed by atoms with Crippen molar-refractivity contribution in [3.05, 3.63) is 89.4 Å². The molecule has 140 valence electrons. The standard InChI is InChI=1S/C24H23N3S/c1-2-6-18(7-3-1)19-10-12-20(13-11-19)23(27-16-14-25-15-17-27)24-26-21-8-4-5-9-22(21)28-24/h1-13,23,25H,14-17H2. The van der Waals surface area contributed by atoms with Gasteiger partial charge in [-0.15, -0.1) is 11.3 Å². The maximum absolute atomic E-state index is 5.00. The fourth-order valence-electron chi connectivity index (χ4n) is 3.95. The van der Waals surface area contributed by atoms with Crippen molar-refractivity contribution in [1.29, 1.82) is 0 Å². The lowest BCUT2D eigenvalue weighted by molar-refractivity contribution is 0.198. The molecule has 1 unspecified atom stereocenters. The highest BCUT2D eigenvalue weighted by molar-refractivity contribution is 7.18. The van der Waals surface area contributed by atoms with Crippen molar-refractivity contribution < 1.29 is 0 Å². The average molecular weight is 386 g/mol. The first-order chi connectivity index (χ1) is 13.9. The second-order valence-electron chi connectivity index (χ2n) is 7.20. The summed E-state index contributed by atoms with van der Waals surface area (Å²) in [7, 11) is 0. The van der Waals surface area contributed by atoms with Gasteiger partial charge in [0.2, 0.25) is 0 Å². The molecule has 1 atom stereocenters. The summed E-state index contributed by atoms with van der Waals surface area (Å²) in [5, 5.41) is 4.66. The Kier molecular flexibility index (Phi) is 4.92. The van der Waals surface area contributed by atoms with Crippen LogP contribution >= 0.6 is 11.3 Å². The van der Waals surface area contributed by atoms with Gasteiger partial charge in [-0.3, -0.25) is 4.90 Å². The van der Waals surface area contributed by atoms with Crippen LogP contribution in [-0.2, 0) is 0 Å². The predicted octanol–water partition coefficient (Wildman–Crippen LogP) is 4.96. The summed E-state index contributed by atoms with van der Waals surface area (Å²) >= 11 is 1.82. The van der Waals surface area contributed by atoms with Crippen LogP contribution in [0.1, 0.15) is 16.6 Å². The zero-order valence-electron chi connectivity index (χ0n) is 15.7. The van der Waals surface area contributed by atoms with Crippen molar-refractivity contribution in [2.24, 2.45) is 0 Å². The summed E-state index contributed by atoms with van der Waals surface area (Å²) in [4.78, 5) is 7.56. The number of nitrogens with zero attached hydrogens (tertiary/aromatic N) is 2. The van der Waals surface area contributed by atoms with E-state index in [1.807, 2.05) is 11.3 Å². The van der Waals surface area contributed by atoms with Gasteiger partial charge in [0, 0.05) is 26.2 Å². The summed E-state index contributed by atoms with van der Waals surface area (Å²) in [6.45, 7) is 4.15. The van der Waals surface area contributed by atoms with Crippen molar-refractivity contribution >= 4 is 21.6 Å². The highest BCUT2D eigenvalue weighted by atomic mass is 32.1. The van der Waals surface area contributed by atoms with Crippen LogP contribution in [0.2, 0.25) is 0 Å². The Morgan fingerprint density at radius 2 is 1.46 bits per heavy atom. The van der Waals surface area contributed by atoms with E-state index in [0.717, 1.165) is 31.7 Å². The molecule has 4 heteroatoms. The molecule has 4 aromatic rings. The third-order valence-electron chi connectivity index (χ3n) is 5.39. The first-order valence-corrected chi connectivity index (χ1v) is 10.7. The van der Waals surface area contributed by atoms with Crippen LogP contribution in [0.3, 0.4) is 0 Å². The van der Waals surface area contributed by atoms with Crippen LogP contribution in [-0.4, -0.2) is 36.1 Å². The Hall–Kier alpha value is -2.53. The number of benzene rings is 3. The number of hydrogen-bond donors (Lipinski definition) is 1. The van der Waals surface area contributed by atoms with Crippen LogP contribution in [0.4, 0.5) is 0 Å². The molecule has 0 amide bonds. The quantitative estimate of drug-likeness (QED) is 0.538. The van der Waals surface area contributed by atoms with Gasteiger partial charge < -0.3 is 5.32 Å². The van der Waals surface area contributed by atoms with Gasteiger partial charge in [-0.1, -0.05) is 66.7 Å². The molecule has 0 saturated carbocycles. The molecule has 1 aromatic heterocycles. The van der Waals surface area contributed by atoms with Crippen molar-refractivity contribution in [2.75, 3.05) is 26.2 Å². The van der Waals surface area contributed by atoms with Gasteiger partial charge in [0.05, 0.1) is 16.3 Å². The molecule has 1 N–H and O–H groups in total. The zero-order valence-corrected chi connectivity index (χ0v) is 16.5. The van der Waals surface area contributed by atoms with Crippen LogP contribution in [0.25, 0.3) is 21.3 Å². The average Bonchev–Trinajstić information content (AvgIpc) is 3.19. The fourth-order valence-corrected chi connectivity index (χ4v) is 5.08. The molecular weight excluding hydrogens is 362 g/mol. The fraction of sp³-hybridized carbons (Fsp3) is 0.208. The van der Waals surface area contributed by atoms with E-state index in [1.54, 1.807) is 0 Å². The van der Waals surface area contributed by atoms with E-state index in [0.29, 0.717) is 0 Å². The molecule has 0 radical (unpaired) electrons. The minimum atomic E-state index is 0.212. The second kappa shape index (κ2) is 7.84. The maximum Gasteiger partial charge on any atom is 0.116 e. The van der Waals surface area contributed by atoms with Crippen LogP contribution in [0.5, 0.6) is 0 Å². The number of hydrogen-bond acceptors (Lipinski definition) is 4. The number of fused-ring (bicyclic) bond motifs is 1. The van der Waals surface area contributed by atoms with Gasteiger partial charge in [0.1, 0.15) is 5.01 Å². The van der Waals surface area contributed by atoms with Crippen molar-refractivity contribution in [2.45, 2.75) is 6.04 Å². The minimum Gasteiger partial charge on any atom is -0.314 e. The molecule has 1 saturated heterocycles. The number of thiazole rings is 1. The highest BCUT2D eigenvalue weighted by Crippen LogP contribution is 2.35. The first-order valence-electron chi connectivity index (χ1n) is 9.84. The number of para-hydroxylation sites is 1. The van der Waals surface area contributed by atoms with Gasteiger partial charge in [-0.2, -0.15) is 0 Å². The van der Waals surface area contributed by atoms with E-state index in [9.17, 15) is 0 Å². The van der Waals surface area contributed by atoms with Crippen molar-refractivity contribution in [3.63, 3.8) is 0 Å². The molecule has 3 aromatic carbocycles. The largest absolute Gasteiger partial charge is 0.314 e. The van der Waals surface area contributed by atoms with Crippen molar-refractivity contribution in [1.82, 2.24) is 15.2 Å². The first kappa shape index (κ1) is 17.6. The Morgan fingerprint density at radius 1 is 0.786 bits per heavy atom. The summed E-state index contributed by atoms with van der Waals surface area (Å²) in [5.41, 5.74) is 4.93. The van der Waals surface area contributed by atoms with Gasteiger partial charge in [-0.25, -0.2) is 4.98 Å². The number of aromatic nitrogens is 1. The highest BCUT2D eigenvalue weighted by Gasteiger charge is 2.26. The van der Waals surface area contributed by atoms with Crippen LogP contribution in [0, 0.1) is 0 Å². The normalized spacial score (nSPS) is 16.3. The van der Waals surface area contributed by atoms with E-state index < -0.39 is 0 Å². The SMILES string of the molecule is c1ccc(-c2ccc(C(c3nc4ccccc4s3)N3CCNCC3)cc2)cc1. The molecule has 2 heterocycles. The molecule has 1 aliphatic rings. The molecule has 0 aliphatic carbocycles. The zero-order chi connectivity index (χ0) is 18.8. The van der Waals surface area contributed by atoms with Gasteiger partial charge in [0.25, 0.3) is 0 Å². The number of piperazine rings is 1. The van der Waals surface area contributed by atoms with Crippen LogP contribution < -0.4 is 5.32 Å².